The maximum atomic E-state index is 13.0. The molecule has 0 radical (unpaired) electrons. The summed E-state index contributed by atoms with van der Waals surface area (Å²) in [7, 11) is -2.20. The molecule has 0 aliphatic rings. The highest BCUT2D eigenvalue weighted by atomic mass is 32.2. The van der Waals surface area contributed by atoms with Crippen LogP contribution in [0.5, 0.6) is 0 Å². The van der Waals surface area contributed by atoms with E-state index in [-0.39, 0.29) is 4.90 Å². The van der Waals surface area contributed by atoms with E-state index >= 15 is 0 Å². The molecule has 1 N–H and O–H groups in total. The highest BCUT2D eigenvalue weighted by molar-refractivity contribution is 7.89. The third-order valence-electron chi connectivity index (χ3n) is 4.37. The fourth-order valence-electron chi connectivity index (χ4n) is 2.85. The van der Waals surface area contributed by atoms with E-state index in [1.165, 1.54) is 0 Å². The molecule has 0 saturated heterocycles. The first-order chi connectivity index (χ1) is 13.5. The zero-order valence-electron chi connectivity index (χ0n) is 15.9. The molecule has 0 saturated carbocycles. The maximum absolute atomic E-state index is 13.0. The fraction of sp³-hybridized carbons (Fsp3) is 0.130. The molecule has 1 unspecified atom stereocenters. The molecule has 0 fully saturated rings. The molecule has 0 spiro atoms. The topological polar surface area (TPSA) is 55.4 Å². The van der Waals surface area contributed by atoms with E-state index in [1.54, 1.807) is 31.4 Å². The number of hydrogen-bond donors (Lipinski definition) is 1. The van der Waals surface area contributed by atoms with Crippen LogP contribution in [0.2, 0.25) is 0 Å². The average molecular weight is 394 g/mol. The molecule has 0 bridgehead atoms. The van der Waals surface area contributed by atoms with Gasteiger partial charge in [-0.1, -0.05) is 78.4 Å². The molecular weight excluding hydrogens is 370 g/mol. The van der Waals surface area contributed by atoms with Gasteiger partial charge in [0.1, 0.15) is 11.8 Å². The van der Waals surface area contributed by atoms with Gasteiger partial charge in [0.2, 0.25) is 10.0 Å². The second-order valence-electron chi connectivity index (χ2n) is 6.44. The number of benzene rings is 3. The summed E-state index contributed by atoms with van der Waals surface area (Å²) in [4.78, 5) is 0.217. The summed E-state index contributed by atoms with van der Waals surface area (Å²) in [5, 5.41) is 0. The minimum Gasteiger partial charge on any atom is -0.499 e. The lowest BCUT2D eigenvalue weighted by molar-refractivity contribution is 0.264. The highest BCUT2D eigenvalue weighted by Gasteiger charge is 2.25. The lowest BCUT2D eigenvalue weighted by Gasteiger charge is -2.22. The van der Waals surface area contributed by atoms with Crippen molar-refractivity contribution in [3.8, 4) is 0 Å². The van der Waals surface area contributed by atoms with Crippen LogP contribution in [0.25, 0.3) is 6.08 Å². The van der Waals surface area contributed by atoms with E-state index in [0.717, 1.165) is 16.7 Å². The number of aryl methyl sites for hydroxylation is 1. The third kappa shape index (κ3) is 4.88. The molecule has 4 nitrogen and oxygen atoms in total. The van der Waals surface area contributed by atoms with Crippen molar-refractivity contribution in [2.24, 2.45) is 0 Å². The average Bonchev–Trinajstić information content (AvgIpc) is 2.72. The molecule has 0 heterocycles. The fourth-order valence-corrected chi connectivity index (χ4v) is 4.04. The summed E-state index contributed by atoms with van der Waals surface area (Å²) >= 11 is 0. The van der Waals surface area contributed by atoms with Gasteiger partial charge >= 0.3 is 0 Å². The van der Waals surface area contributed by atoms with Crippen LogP contribution in [0.1, 0.15) is 22.7 Å². The van der Waals surface area contributed by atoms with Gasteiger partial charge in [-0.2, -0.15) is 4.72 Å². The maximum Gasteiger partial charge on any atom is 0.241 e. The van der Waals surface area contributed by atoms with Crippen molar-refractivity contribution in [3.05, 3.63) is 107 Å². The van der Waals surface area contributed by atoms with Crippen molar-refractivity contribution in [1.82, 2.24) is 4.72 Å². The SMILES string of the molecule is CO/C(=C/c1ccccc1)C(NS(=O)(=O)c1ccc(C)cc1)c1ccccc1. The minimum atomic E-state index is -3.74. The largest absolute Gasteiger partial charge is 0.499 e. The molecule has 3 aromatic carbocycles. The van der Waals surface area contributed by atoms with E-state index in [4.69, 9.17) is 4.74 Å². The highest BCUT2D eigenvalue weighted by Crippen LogP contribution is 2.27. The van der Waals surface area contributed by atoms with Crippen LogP contribution in [-0.4, -0.2) is 15.5 Å². The van der Waals surface area contributed by atoms with Crippen molar-refractivity contribution in [2.75, 3.05) is 7.11 Å². The summed E-state index contributed by atoms with van der Waals surface area (Å²) < 4.78 is 34.4. The van der Waals surface area contributed by atoms with Gasteiger partial charge in [0.05, 0.1) is 12.0 Å². The summed E-state index contributed by atoms with van der Waals surface area (Å²) in [6.45, 7) is 1.92. The number of rotatable bonds is 7. The number of hydrogen-bond acceptors (Lipinski definition) is 3. The second-order valence-corrected chi connectivity index (χ2v) is 8.15. The van der Waals surface area contributed by atoms with Crippen LogP contribution in [0.15, 0.2) is 95.6 Å². The first kappa shape index (κ1) is 19.9. The molecule has 1 atom stereocenters. The predicted octanol–water partition coefficient (Wildman–Crippen LogP) is 4.70. The van der Waals surface area contributed by atoms with Crippen molar-refractivity contribution in [1.29, 1.82) is 0 Å². The molecule has 3 aromatic rings. The Labute approximate surface area is 166 Å². The zero-order valence-corrected chi connectivity index (χ0v) is 16.7. The van der Waals surface area contributed by atoms with Gasteiger partial charge in [0.25, 0.3) is 0 Å². The normalized spacial score (nSPS) is 13.1. The van der Waals surface area contributed by atoms with E-state index in [0.29, 0.717) is 5.76 Å². The monoisotopic (exact) mass is 393 g/mol. The van der Waals surface area contributed by atoms with Gasteiger partial charge in [-0.3, -0.25) is 0 Å². The van der Waals surface area contributed by atoms with Gasteiger partial charge in [0.15, 0.2) is 0 Å². The summed E-state index contributed by atoms with van der Waals surface area (Å²) in [5.41, 5.74) is 2.72. The Kier molecular flexibility index (Phi) is 6.29. The lowest BCUT2D eigenvalue weighted by Crippen LogP contribution is -2.30. The number of methoxy groups -OCH3 is 1. The smallest absolute Gasteiger partial charge is 0.241 e. The number of sulfonamides is 1. The Bertz CT molecular complexity index is 1030. The predicted molar refractivity (Wildman–Crippen MR) is 112 cm³/mol. The summed E-state index contributed by atoms with van der Waals surface area (Å²) in [6, 6.07) is 25.2. The first-order valence-corrected chi connectivity index (χ1v) is 10.4. The Balaban J connectivity index is 2.02. The van der Waals surface area contributed by atoms with Crippen molar-refractivity contribution in [3.63, 3.8) is 0 Å². The molecule has 144 valence electrons. The Morgan fingerprint density at radius 3 is 2.04 bits per heavy atom. The molecule has 3 rings (SSSR count). The van der Waals surface area contributed by atoms with E-state index in [2.05, 4.69) is 4.72 Å². The number of ether oxygens (including phenoxy) is 1. The molecule has 28 heavy (non-hydrogen) atoms. The van der Waals surface area contributed by atoms with Crippen LogP contribution in [-0.2, 0) is 14.8 Å². The van der Waals surface area contributed by atoms with E-state index in [9.17, 15) is 8.42 Å². The van der Waals surface area contributed by atoms with Crippen LogP contribution >= 0.6 is 0 Å². The van der Waals surface area contributed by atoms with Gasteiger partial charge in [-0.15, -0.1) is 0 Å². The Hall–Kier alpha value is -2.89. The second kappa shape index (κ2) is 8.87. The molecular formula is C23H23NO3S. The third-order valence-corrected chi connectivity index (χ3v) is 5.80. The molecule has 0 amide bonds. The molecule has 0 aromatic heterocycles. The molecule has 0 aliphatic heterocycles. The number of nitrogens with one attached hydrogen (secondary N) is 1. The van der Waals surface area contributed by atoms with Crippen molar-refractivity contribution in [2.45, 2.75) is 17.9 Å². The zero-order chi connectivity index (χ0) is 20.0. The van der Waals surface area contributed by atoms with Crippen molar-refractivity contribution < 1.29 is 13.2 Å². The van der Waals surface area contributed by atoms with Gasteiger partial charge < -0.3 is 4.74 Å². The molecule has 5 heteroatoms. The minimum absolute atomic E-state index is 0.217. The standard InChI is InChI=1S/C23H23NO3S/c1-18-13-15-21(16-14-18)28(25,26)24-23(20-11-7-4-8-12-20)22(27-2)17-19-9-5-3-6-10-19/h3-17,23-24H,1-2H3/b22-17+. The van der Waals surface area contributed by atoms with Gasteiger partial charge in [0, 0.05) is 0 Å². The quantitative estimate of drug-likeness (QED) is 0.592. The van der Waals surface area contributed by atoms with E-state index < -0.39 is 16.1 Å². The lowest BCUT2D eigenvalue weighted by atomic mass is 10.0. The molecule has 0 aliphatic carbocycles. The summed E-state index contributed by atoms with van der Waals surface area (Å²) in [6.07, 6.45) is 1.84. The van der Waals surface area contributed by atoms with Gasteiger partial charge in [-0.25, -0.2) is 8.42 Å². The summed E-state index contributed by atoms with van der Waals surface area (Å²) in [5.74, 6) is 0.507. The first-order valence-electron chi connectivity index (χ1n) is 8.94. The van der Waals surface area contributed by atoms with E-state index in [1.807, 2.05) is 73.7 Å². The Morgan fingerprint density at radius 1 is 0.893 bits per heavy atom. The van der Waals surface area contributed by atoms with Gasteiger partial charge in [-0.05, 0) is 36.3 Å². The van der Waals surface area contributed by atoms with Crippen LogP contribution in [0, 0.1) is 6.92 Å². The van der Waals surface area contributed by atoms with Crippen LogP contribution < -0.4 is 4.72 Å². The Morgan fingerprint density at radius 2 is 1.46 bits per heavy atom. The van der Waals surface area contributed by atoms with Crippen molar-refractivity contribution >= 4 is 16.1 Å². The van der Waals surface area contributed by atoms with Crippen LogP contribution in [0.4, 0.5) is 0 Å². The van der Waals surface area contributed by atoms with Crippen LogP contribution in [0.3, 0.4) is 0 Å².